The minimum atomic E-state index is -0.634. The van der Waals surface area contributed by atoms with Gasteiger partial charge in [-0.05, 0) is 167 Å². The highest BCUT2D eigenvalue weighted by Gasteiger charge is 2.53. The van der Waals surface area contributed by atoms with E-state index >= 15 is 0 Å². The highest BCUT2D eigenvalue weighted by molar-refractivity contribution is 5.67. The van der Waals surface area contributed by atoms with Gasteiger partial charge in [-0.15, -0.1) is 0 Å². The number of carbonyl (C=O) groups is 5. The molecule has 0 aromatic carbocycles. The van der Waals surface area contributed by atoms with Crippen LogP contribution >= 0.6 is 0 Å². The molecular weight excluding hydrogens is 1150 g/mol. The molecule has 0 unspecified atom stereocenters. The molecular formula is C77H120O14. The van der Waals surface area contributed by atoms with Gasteiger partial charge in [-0.3, -0.25) is 24.0 Å². The molecule has 17 atom stereocenters. The molecule has 4 saturated carbocycles. The highest BCUT2D eigenvalue weighted by Crippen LogP contribution is 2.58. The molecule has 0 radical (unpaired) electrons. The van der Waals surface area contributed by atoms with Gasteiger partial charge in [0.1, 0.15) is 0 Å². The predicted molar refractivity (Wildman–Crippen MR) is 351 cm³/mol. The number of hydrogen-bond acceptors (Lipinski definition) is 14. The predicted octanol–water partition coefficient (Wildman–Crippen LogP) is 17.5. The van der Waals surface area contributed by atoms with Crippen LogP contribution in [0.3, 0.4) is 0 Å². The lowest BCUT2D eigenvalue weighted by Gasteiger charge is -2.46. The lowest BCUT2D eigenvalue weighted by molar-refractivity contribution is -0.214. The zero-order valence-electron chi connectivity index (χ0n) is 59.2. The molecule has 0 amide bonds. The molecule has 0 N–H and O–H groups in total. The topological polar surface area (TPSA) is 168 Å². The van der Waals surface area contributed by atoms with Crippen molar-refractivity contribution in [2.75, 3.05) is 13.2 Å². The average molecular weight is 1270 g/mol. The molecule has 0 aromatic heterocycles. The van der Waals surface area contributed by atoms with Crippen molar-refractivity contribution in [1.82, 2.24) is 0 Å². The zero-order valence-corrected chi connectivity index (χ0v) is 59.2. The summed E-state index contributed by atoms with van der Waals surface area (Å²) in [4.78, 5) is 56.5. The molecule has 4 heterocycles. The zero-order chi connectivity index (χ0) is 66.1. The number of ether oxygens (including phenoxy) is 9. The third kappa shape index (κ3) is 17.6. The smallest absolute Gasteiger partial charge is 0.304 e. The van der Waals surface area contributed by atoms with E-state index in [4.69, 9.17) is 42.6 Å². The number of allylic oxidation sites excluding steroid dienone is 5. The summed E-state index contributed by atoms with van der Waals surface area (Å²) in [5.41, 5.74) is 8.93. The van der Waals surface area contributed by atoms with Gasteiger partial charge in [-0.1, -0.05) is 154 Å². The molecule has 4 aliphatic heterocycles. The van der Waals surface area contributed by atoms with Gasteiger partial charge in [-0.2, -0.15) is 0 Å². The average Bonchev–Trinajstić information content (AvgIpc) is 1.75. The lowest BCUT2D eigenvalue weighted by Crippen LogP contribution is -2.37. The van der Waals surface area contributed by atoms with Crippen LogP contribution in [-0.2, 0) is 66.6 Å². The Bertz CT molecular complexity index is 2640. The molecule has 12 rings (SSSR count). The van der Waals surface area contributed by atoms with Gasteiger partial charge in [0.2, 0.25) is 31.5 Å². The minimum Gasteiger partial charge on any atom is -0.436 e. The van der Waals surface area contributed by atoms with E-state index in [0.29, 0.717) is 81.2 Å². The maximum Gasteiger partial charge on any atom is 0.304 e. The lowest BCUT2D eigenvalue weighted by atomic mass is 9.59. The van der Waals surface area contributed by atoms with Gasteiger partial charge < -0.3 is 42.6 Å². The number of rotatable bonds is 9. The fourth-order valence-corrected chi connectivity index (χ4v) is 20.2. The van der Waals surface area contributed by atoms with Crippen LogP contribution in [0.4, 0.5) is 0 Å². The van der Waals surface area contributed by atoms with Crippen molar-refractivity contribution in [3.63, 3.8) is 0 Å². The Kier molecular flexibility index (Phi) is 22.6. The first-order valence-electron chi connectivity index (χ1n) is 35.9. The summed E-state index contributed by atoms with van der Waals surface area (Å²) in [5.74, 6) is 0.982. The van der Waals surface area contributed by atoms with Crippen molar-refractivity contribution in [1.29, 1.82) is 0 Å². The molecule has 12 aliphatic rings. The van der Waals surface area contributed by atoms with Crippen LogP contribution in [0.25, 0.3) is 0 Å². The molecule has 14 heteroatoms. The van der Waals surface area contributed by atoms with Gasteiger partial charge in [0.25, 0.3) is 0 Å². The van der Waals surface area contributed by atoms with E-state index in [2.05, 4.69) is 100 Å². The normalized spacial score (nSPS) is 39.7. The van der Waals surface area contributed by atoms with Gasteiger partial charge in [0.05, 0.1) is 19.3 Å². The number of carbonyl (C=O) groups excluding carboxylic acids is 5. The van der Waals surface area contributed by atoms with Gasteiger partial charge in [0, 0.05) is 82.0 Å². The molecule has 91 heavy (non-hydrogen) atoms. The SMILES string of the molecule is CC(=O)O[C@@H]1OC[C@H]2C=C([C@@]3(C)CCCC(C)(C)C3)CC[C@@H]12.CC(=O)O[C@@H]1O[C@H](C)[C@H]2C=C(C3(C)CCCCC3)CC[C@@H]12.CC(=O)O[C@H]1OC[C@@H]2C=C([C@@]3(C)CCCC(C)(C)C3)CC[C@H]12.CC(=O)O[C@H]1O[C@@H](OC(C)=O)[C@@H]2CC=C([C@@]3(C)CCCC(C)(C)C3)C[C@H]12. The van der Waals surface area contributed by atoms with Gasteiger partial charge in [-0.25, -0.2) is 0 Å². The summed E-state index contributed by atoms with van der Waals surface area (Å²) in [5, 5.41) is 0. The first-order valence-corrected chi connectivity index (χ1v) is 35.9. The second-order valence-corrected chi connectivity index (χ2v) is 34.0. The molecule has 0 bridgehead atoms. The van der Waals surface area contributed by atoms with E-state index in [9.17, 15) is 24.0 Å². The maximum atomic E-state index is 11.5. The second-order valence-electron chi connectivity index (χ2n) is 34.0. The van der Waals surface area contributed by atoms with Crippen molar-refractivity contribution < 1.29 is 66.6 Å². The largest absolute Gasteiger partial charge is 0.436 e. The van der Waals surface area contributed by atoms with Crippen molar-refractivity contribution in [3.8, 4) is 0 Å². The Balaban J connectivity index is 0.000000144. The molecule has 0 spiro atoms. The van der Waals surface area contributed by atoms with Gasteiger partial charge >= 0.3 is 29.8 Å². The third-order valence-corrected chi connectivity index (χ3v) is 24.3. The number of esters is 5. The monoisotopic (exact) mass is 1270 g/mol. The minimum absolute atomic E-state index is 0.0464. The van der Waals surface area contributed by atoms with E-state index in [-0.39, 0.29) is 72.1 Å². The molecule has 512 valence electrons. The number of fused-ring (bicyclic) bond motifs is 4. The maximum absolute atomic E-state index is 11.5. The first-order chi connectivity index (χ1) is 42.7. The molecule has 8 aliphatic carbocycles. The van der Waals surface area contributed by atoms with Crippen LogP contribution < -0.4 is 0 Å². The summed E-state index contributed by atoms with van der Waals surface area (Å²) in [6, 6.07) is 0. The van der Waals surface area contributed by atoms with E-state index in [1.54, 1.807) is 16.7 Å². The Morgan fingerprint density at radius 2 is 0.758 bits per heavy atom. The Hall–Kier alpha value is -3.85. The van der Waals surface area contributed by atoms with Crippen LogP contribution in [0.15, 0.2) is 46.6 Å². The Morgan fingerprint density at radius 1 is 0.396 bits per heavy atom. The van der Waals surface area contributed by atoms with Crippen LogP contribution in [0.5, 0.6) is 0 Å². The van der Waals surface area contributed by atoms with Crippen molar-refractivity contribution in [3.05, 3.63) is 46.6 Å². The van der Waals surface area contributed by atoms with Crippen molar-refractivity contribution in [2.45, 2.75) is 309 Å². The second kappa shape index (κ2) is 28.8. The highest BCUT2D eigenvalue weighted by atomic mass is 16.8. The summed E-state index contributed by atoms with van der Waals surface area (Å²) < 4.78 is 50.0. The Morgan fingerprint density at radius 3 is 1.18 bits per heavy atom. The Labute approximate surface area is 547 Å². The quantitative estimate of drug-likeness (QED) is 0.121. The molecule has 0 aromatic rings. The summed E-state index contributed by atoms with van der Waals surface area (Å²) in [6.07, 6.45) is 38.2. The van der Waals surface area contributed by atoms with E-state index in [1.807, 2.05) is 0 Å². The summed E-state index contributed by atoms with van der Waals surface area (Å²) in [6.45, 7) is 34.8. The first kappa shape index (κ1) is 71.4. The van der Waals surface area contributed by atoms with E-state index < -0.39 is 12.6 Å². The molecule has 8 fully saturated rings. The van der Waals surface area contributed by atoms with Crippen molar-refractivity contribution >= 4 is 29.8 Å². The third-order valence-electron chi connectivity index (χ3n) is 24.3. The molecule has 4 saturated heterocycles. The van der Waals surface area contributed by atoms with Crippen LogP contribution in [0, 0.1) is 85.2 Å². The fourth-order valence-electron chi connectivity index (χ4n) is 20.2. The fraction of sp³-hybridized carbons (Fsp3) is 0.831. The van der Waals surface area contributed by atoms with Crippen molar-refractivity contribution in [2.24, 2.45) is 85.2 Å². The van der Waals surface area contributed by atoms with E-state index in [1.165, 1.54) is 149 Å². The van der Waals surface area contributed by atoms with Crippen LogP contribution in [-0.4, -0.2) is 80.6 Å². The van der Waals surface area contributed by atoms with Crippen LogP contribution in [0.1, 0.15) is 271 Å². The summed E-state index contributed by atoms with van der Waals surface area (Å²) in [7, 11) is 0. The summed E-state index contributed by atoms with van der Waals surface area (Å²) >= 11 is 0. The van der Waals surface area contributed by atoms with Crippen LogP contribution in [0.2, 0.25) is 0 Å². The molecule has 14 nitrogen and oxygen atoms in total. The van der Waals surface area contributed by atoms with Gasteiger partial charge in [0.15, 0.2) is 0 Å². The number of hydrogen-bond donors (Lipinski definition) is 0. The van der Waals surface area contributed by atoms with E-state index in [0.717, 1.165) is 51.4 Å². The standard InChI is InChI=1S/C21H32O5.2C19H30O3.C18H28O3/c1-13(22)24-18-16-8-7-15(11-17(16)19(26-18)25-14(2)23)21(5)10-6-9-20(3,4)12-21;2*1-13(20)22-17-16-7-6-15(10-14(16)11-21-17)19(4)9-5-8-18(2,3)12-19;1-12-16-11-14(18(3)9-5-4-6-10-18)7-8-15(16)17(20-12)21-13(2)19/h7,16-19H,6,8-12H2,1-5H3;2*10,14,16-17H,5-9,11-12H2,1-4H3;11-12,15-17H,4-10H2,1-3H3/t16-,17+,18-,19+,21+;14-,16-,17+,19+;14-,16-,17+,19-;12-,15-,16-,17+/m1101/s1.